The summed E-state index contributed by atoms with van der Waals surface area (Å²) in [6.45, 7) is -0.286. The van der Waals surface area contributed by atoms with E-state index in [4.69, 9.17) is 30.9 Å². The third kappa shape index (κ3) is 7.01. The van der Waals surface area contributed by atoms with Crippen molar-refractivity contribution in [2.45, 2.75) is 42.0 Å². The Hall–Kier alpha value is -3.12. The number of methoxy groups -OCH3 is 1. The van der Waals surface area contributed by atoms with Crippen molar-refractivity contribution in [2.24, 2.45) is 0 Å². The van der Waals surface area contributed by atoms with Crippen LogP contribution in [0.2, 0.25) is 5.15 Å². The van der Waals surface area contributed by atoms with Gasteiger partial charge in [-0.3, -0.25) is 5.32 Å². The van der Waals surface area contributed by atoms with Crippen LogP contribution in [0, 0.1) is 0 Å². The van der Waals surface area contributed by atoms with Crippen molar-refractivity contribution in [3.05, 3.63) is 41.0 Å². The summed E-state index contributed by atoms with van der Waals surface area (Å²) in [4.78, 5) is 30.8. The van der Waals surface area contributed by atoms with Crippen LogP contribution in [-0.4, -0.2) is 95.2 Å². The zero-order chi connectivity index (χ0) is 27.3. The van der Waals surface area contributed by atoms with E-state index in [9.17, 15) is 33.3 Å². The van der Waals surface area contributed by atoms with Crippen LogP contribution in [0.1, 0.15) is 5.56 Å². The minimum Gasteiger partial charge on any atom is -0.481 e. The molecule has 2 aromatic rings. The molecule has 1 aromatic heterocycles. The van der Waals surface area contributed by atoms with Gasteiger partial charge in [-0.05, 0) is 18.1 Å². The first-order valence-corrected chi connectivity index (χ1v) is 12.3. The number of carboxylic acid groups (broad SMARTS) is 1. The van der Waals surface area contributed by atoms with Gasteiger partial charge in [0.15, 0.2) is 12.4 Å². The molecule has 1 aliphatic heterocycles. The van der Waals surface area contributed by atoms with E-state index < -0.39 is 52.7 Å². The molecule has 5 atom stereocenters. The van der Waals surface area contributed by atoms with Crippen molar-refractivity contribution in [3.63, 3.8) is 0 Å². The van der Waals surface area contributed by atoms with Crippen LogP contribution >= 0.6 is 11.6 Å². The van der Waals surface area contributed by atoms with Gasteiger partial charge in [0.1, 0.15) is 23.5 Å². The molecule has 0 spiro atoms. The number of urea groups is 1. The summed E-state index contributed by atoms with van der Waals surface area (Å²) in [5.74, 6) is -1.85. The summed E-state index contributed by atoms with van der Waals surface area (Å²) in [6.07, 6.45) is -9.03. The Kier molecular flexibility index (Phi) is 9.19. The number of halogens is 1. The van der Waals surface area contributed by atoms with Gasteiger partial charge in [-0.25, -0.2) is 27.7 Å². The topological polar surface area (TPSA) is 227 Å². The number of hydrogen-bond donors (Lipinski definition) is 6. The number of rotatable bonds is 9. The Balaban J connectivity index is 1.66. The quantitative estimate of drug-likeness (QED) is 0.204. The molecule has 1 fully saturated rings. The highest BCUT2D eigenvalue weighted by molar-refractivity contribution is 7.90. The van der Waals surface area contributed by atoms with Gasteiger partial charge in [-0.2, -0.15) is 4.98 Å². The average molecular weight is 563 g/mol. The van der Waals surface area contributed by atoms with Gasteiger partial charge in [-0.1, -0.05) is 29.8 Å². The third-order valence-corrected chi connectivity index (χ3v) is 6.69. The smallest absolute Gasteiger partial charge is 0.335 e. The molecule has 6 N–H and O–H groups in total. The number of aliphatic hydroxyl groups is 3. The lowest BCUT2D eigenvalue weighted by molar-refractivity contribution is -0.293. The highest BCUT2D eigenvalue weighted by Gasteiger charge is 2.47. The van der Waals surface area contributed by atoms with Crippen molar-refractivity contribution in [1.82, 2.24) is 14.7 Å². The Morgan fingerprint density at radius 2 is 1.84 bits per heavy atom. The number of amides is 2. The van der Waals surface area contributed by atoms with Crippen LogP contribution in [0.5, 0.6) is 5.88 Å². The molecule has 0 unspecified atom stereocenters. The van der Waals surface area contributed by atoms with Crippen LogP contribution in [0.4, 0.5) is 10.7 Å². The summed E-state index contributed by atoms with van der Waals surface area (Å²) in [6, 6.07) is 5.73. The predicted molar refractivity (Wildman–Crippen MR) is 123 cm³/mol. The molecule has 1 saturated heterocycles. The summed E-state index contributed by atoms with van der Waals surface area (Å²) >= 11 is 5.80. The number of benzene rings is 1. The Bertz CT molecular complexity index is 1250. The van der Waals surface area contributed by atoms with Gasteiger partial charge in [0.2, 0.25) is 11.8 Å². The van der Waals surface area contributed by atoms with Gasteiger partial charge >= 0.3 is 12.0 Å². The third-order valence-electron chi connectivity index (χ3n) is 5.06. The van der Waals surface area contributed by atoms with Crippen LogP contribution in [0.25, 0.3) is 0 Å². The maximum absolute atomic E-state index is 12.9. The number of anilines is 1. The minimum absolute atomic E-state index is 0.0345. The van der Waals surface area contributed by atoms with Crippen LogP contribution in [0.15, 0.2) is 35.2 Å². The van der Waals surface area contributed by atoms with Gasteiger partial charge in [0.05, 0.1) is 18.6 Å². The fraction of sp³-hybridized carbons (Fsp3) is 0.400. The molecule has 37 heavy (non-hydrogen) atoms. The second-order valence-corrected chi connectivity index (χ2v) is 9.62. The average Bonchev–Trinajstić information content (AvgIpc) is 2.83. The van der Waals surface area contributed by atoms with Crippen molar-refractivity contribution in [2.75, 3.05) is 19.0 Å². The first-order valence-electron chi connectivity index (χ1n) is 10.5. The van der Waals surface area contributed by atoms with E-state index in [1.807, 2.05) is 4.72 Å². The van der Waals surface area contributed by atoms with E-state index in [0.29, 0.717) is 0 Å². The number of sulfonamides is 1. The van der Waals surface area contributed by atoms with E-state index in [1.165, 1.54) is 37.4 Å². The fourth-order valence-corrected chi connectivity index (χ4v) is 4.66. The molecule has 1 aliphatic rings. The van der Waals surface area contributed by atoms with E-state index in [0.717, 1.165) is 0 Å². The molecule has 15 nitrogen and oxygen atoms in total. The molecule has 2 amide bonds. The number of ether oxygens (including phenoxy) is 3. The molecule has 2 heterocycles. The zero-order valence-electron chi connectivity index (χ0n) is 19.0. The number of nitrogens with zero attached hydrogens (tertiary/aromatic N) is 2. The van der Waals surface area contributed by atoms with E-state index in [2.05, 4.69) is 15.3 Å². The molecular weight excluding hydrogens is 540 g/mol. The standard InChI is InChI=1S/C20H23ClN4O11S/c1-34-12-8-11(21)22-19(23-12)24-20(31)25-37(32,33)10-5-3-2-4-9(10)6-7-35-18-15(28)13(26)14(27)16(36-18)17(29)30/h2-5,8,13-16,18,26-28H,6-7H2,1H3,(H,29,30)(H2,22,23,24,25,31)/t13-,14-,15+,16-,18+/m0/s1. The monoisotopic (exact) mass is 562 g/mol. The minimum atomic E-state index is -4.41. The summed E-state index contributed by atoms with van der Waals surface area (Å²) in [5.41, 5.74) is 0.198. The molecule has 17 heteroatoms. The zero-order valence-corrected chi connectivity index (χ0v) is 20.6. The number of aliphatic hydroxyl groups excluding tert-OH is 3. The lowest BCUT2D eigenvalue weighted by atomic mass is 9.99. The molecule has 0 radical (unpaired) electrons. The molecular formula is C20H23ClN4O11S. The summed E-state index contributed by atoms with van der Waals surface area (Å²) < 4.78 is 42.8. The van der Waals surface area contributed by atoms with Crippen molar-refractivity contribution < 1.29 is 52.6 Å². The fourth-order valence-electron chi connectivity index (χ4n) is 3.31. The summed E-state index contributed by atoms with van der Waals surface area (Å²) in [5, 5.41) is 40.8. The lowest BCUT2D eigenvalue weighted by Gasteiger charge is -2.38. The predicted octanol–water partition coefficient (Wildman–Crippen LogP) is -0.900. The lowest BCUT2D eigenvalue weighted by Crippen LogP contribution is -2.60. The summed E-state index contributed by atoms with van der Waals surface area (Å²) in [7, 11) is -3.10. The highest BCUT2D eigenvalue weighted by Crippen LogP contribution is 2.23. The highest BCUT2D eigenvalue weighted by atomic mass is 35.5. The first kappa shape index (κ1) is 28.5. The maximum Gasteiger partial charge on any atom is 0.335 e. The second-order valence-electron chi connectivity index (χ2n) is 7.58. The maximum atomic E-state index is 12.9. The number of carbonyl (C=O) groups is 2. The van der Waals surface area contributed by atoms with Gasteiger partial charge in [-0.15, -0.1) is 0 Å². The van der Waals surface area contributed by atoms with Crippen molar-refractivity contribution in [1.29, 1.82) is 0 Å². The molecule has 3 rings (SSSR count). The number of hydrogen-bond acceptors (Lipinski definition) is 12. The van der Waals surface area contributed by atoms with Gasteiger partial charge in [0, 0.05) is 6.07 Å². The van der Waals surface area contributed by atoms with Crippen LogP contribution in [-0.2, 0) is 30.7 Å². The Labute approximate surface area is 215 Å². The Morgan fingerprint density at radius 3 is 2.51 bits per heavy atom. The molecule has 1 aromatic carbocycles. The Morgan fingerprint density at radius 1 is 1.14 bits per heavy atom. The second kappa shape index (κ2) is 12.0. The number of nitrogens with one attached hydrogen (secondary N) is 2. The van der Waals surface area contributed by atoms with Crippen LogP contribution < -0.4 is 14.8 Å². The molecule has 0 bridgehead atoms. The molecule has 202 valence electrons. The van der Waals surface area contributed by atoms with Crippen molar-refractivity contribution >= 4 is 39.6 Å². The number of carbonyl (C=O) groups excluding carboxylic acids is 1. The van der Waals surface area contributed by atoms with E-state index in [1.54, 1.807) is 0 Å². The van der Waals surface area contributed by atoms with Crippen LogP contribution in [0.3, 0.4) is 0 Å². The number of aliphatic carboxylic acids is 1. The van der Waals surface area contributed by atoms with Gasteiger partial charge in [0.25, 0.3) is 10.0 Å². The molecule has 0 saturated carbocycles. The normalized spacial score (nSPS) is 23.8. The SMILES string of the molecule is COc1cc(Cl)nc(NC(=O)NS(=O)(=O)c2ccccc2CCO[C@@H]2O[C@H](C(=O)O)[C@@H](O)[C@H](O)[C@H]2O)n1. The molecule has 0 aliphatic carbocycles. The van der Waals surface area contributed by atoms with Crippen molar-refractivity contribution in [3.8, 4) is 5.88 Å². The van der Waals surface area contributed by atoms with Gasteiger partial charge < -0.3 is 34.6 Å². The first-order chi connectivity index (χ1) is 17.4. The van der Waals surface area contributed by atoms with E-state index in [-0.39, 0.29) is 40.5 Å². The largest absolute Gasteiger partial charge is 0.481 e. The van der Waals surface area contributed by atoms with E-state index >= 15 is 0 Å². The number of aromatic nitrogens is 2. The number of carboxylic acids is 1.